The summed E-state index contributed by atoms with van der Waals surface area (Å²) in [6.07, 6.45) is 3.68. The van der Waals surface area contributed by atoms with Gasteiger partial charge < -0.3 is 38.7 Å². The van der Waals surface area contributed by atoms with Crippen molar-refractivity contribution in [3.8, 4) is 0 Å². The number of hydrogen-bond donors (Lipinski definition) is 3. The van der Waals surface area contributed by atoms with Gasteiger partial charge in [-0.3, -0.25) is 0 Å². The molecule has 8 nitrogen and oxygen atoms in total. The summed E-state index contributed by atoms with van der Waals surface area (Å²) in [5.74, 6) is -4.89. The third kappa shape index (κ3) is 2.31. The van der Waals surface area contributed by atoms with Crippen molar-refractivity contribution in [1.82, 2.24) is 0 Å². The van der Waals surface area contributed by atoms with Gasteiger partial charge in [-0.2, -0.15) is 0 Å². The molecule has 1 saturated carbocycles. The Morgan fingerprint density at radius 2 is 1.74 bits per heavy atom. The van der Waals surface area contributed by atoms with Gasteiger partial charge in [-0.25, -0.2) is 0 Å². The number of rotatable bonds is 2. The summed E-state index contributed by atoms with van der Waals surface area (Å²) < 4.78 is 32.5. The molecule has 1 aromatic rings. The number of hydrogen-bond acceptors (Lipinski definition) is 8. The number of furan rings is 1. The lowest BCUT2D eigenvalue weighted by Gasteiger charge is -2.68. The molecule has 7 rings (SSSR count). The fraction of sp³-hybridized carbons (Fsp3) is 0.778. The second-order valence-electron chi connectivity index (χ2n) is 13.3. The summed E-state index contributed by atoms with van der Waals surface area (Å²) in [5, 5.41) is 36.8. The van der Waals surface area contributed by atoms with Gasteiger partial charge in [0.1, 0.15) is 17.8 Å². The quantitative estimate of drug-likeness (QED) is 0.545. The molecule has 1 spiro atoms. The lowest BCUT2D eigenvalue weighted by molar-refractivity contribution is -0.443. The SMILES string of the molecule is CC1=CC(C)(C)[C@H]2O[C@]3(O)C[C@]4(C)[C@H]5C[C@](C(C)C)(O[C@H]4c4ccoc4)O[C@H]4[C@]5(C3)O[C@@]1(O)[C@]24O. The molecule has 0 unspecified atom stereocenters. The van der Waals surface area contributed by atoms with Gasteiger partial charge in [0.25, 0.3) is 0 Å². The van der Waals surface area contributed by atoms with Crippen LogP contribution >= 0.6 is 0 Å². The van der Waals surface area contributed by atoms with E-state index in [1.807, 2.05) is 26.0 Å². The first-order valence-electron chi connectivity index (χ1n) is 12.8. The van der Waals surface area contributed by atoms with Crippen LogP contribution in [-0.4, -0.2) is 56.1 Å². The van der Waals surface area contributed by atoms with Crippen LogP contribution in [0.4, 0.5) is 0 Å². The van der Waals surface area contributed by atoms with Crippen molar-refractivity contribution < 1.29 is 38.7 Å². The fourth-order valence-electron chi connectivity index (χ4n) is 8.99. The first-order valence-corrected chi connectivity index (χ1v) is 12.8. The van der Waals surface area contributed by atoms with Gasteiger partial charge in [0.15, 0.2) is 17.2 Å². The summed E-state index contributed by atoms with van der Waals surface area (Å²) in [6.45, 7) is 11.9. The molecule has 6 aliphatic rings. The lowest BCUT2D eigenvalue weighted by Crippen LogP contribution is -2.75. The van der Waals surface area contributed by atoms with E-state index in [2.05, 4.69) is 20.8 Å². The average molecular weight is 489 g/mol. The van der Waals surface area contributed by atoms with Gasteiger partial charge in [-0.1, -0.05) is 40.7 Å². The first-order chi connectivity index (χ1) is 16.2. The normalized spacial score (nSPS) is 57.3. The molecule has 0 aromatic carbocycles. The van der Waals surface area contributed by atoms with E-state index in [9.17, 15) is 15.3 Å². The molecule has 0 radical (unpaired) electrons. The second kappa shape index (κ2) is 6.07. The second-order valence-corrected chi connectivity index (χ2v) is 13.3. The van der Waals surface area contributed by atoms with Crippen LogP contribution in [0.1, 0.15) is 72.5 Å². The van der Waals surface area contributed by atoms with E-state index < -0.39 is 57.7 Å². The molecule has 1 aromatic heterocycles. The molecule has 192 valence electrons. The van der Waals surface area contributed by atoms with Crippen molar-refractivity contribution in [3.63, 3.8) is 0 Å². The summed E-state index contributed by atoms with van der Waals surface area (Å²) >= 11 is 0. The zero-order valence-electron chi connectivity index (χ0n) is 21.2. The molecule has 5 bridgehead atoms. The van der Waals surface area contributed by atoms with E-state index in [1.54, 1.807) is 19.5 Å². The summed E-state index contributed by atoms with van der Waals surface area (Å²) in [7, 11) is 0. The Kier molecular flexibility index (Phi) is 3.97. The molecule has 35 heavy (non-hydrogen) atoms. The van der Waals surface area contributed by atoms with Crippen LogP contribution in [0.2, 0.25) is 0 Å². The third-order valence-corrected chi connectivity index (χ3v) is 10.3. The standard InChI is InChI=1S/C27H36O8/c1-14(2)25-10-17-22(6,18(32-25)16-7-8-31-11-16)12-23(28)13-24(17)20(34-25)26(29)19(33-23)21(4,5)9-15(3)27(26,30)35-24/h7-9,11,14,17-20,28-30H,10,12-13H2,1-6H3/t17-,18+,19-,20+,22-,23-,24-,25+,26+,27-/m1/s1. The van der Waals surface area contributed by atoms with Gasteiger partial charge >= 0.3 is 0 Å². The van der Waals surface area contributed by atoms with Crippen molar-refractivity contribution in [1.29, 1.82) is 0 Å². The Morgan fingerprint density at radius 3 is 2.40 bits per heavy atom. The topological polar surface area (TPSA) is 111 Å². The Hall–Kier alpha value is -1.26. The molecular formula is C27H36O8. The van der Waals surface area contributed by atoms with Gasteiger partial charge in [-0.15, -0.1) is 0 Å². The van der Waals surface area contributed by atoms with E-state index in [4.69, 9.17) is 23.4 Å². The molecule has 10 atom stereocenters. The third-order valence-electron chi connectivity index (χ3n) is 10.3. The van der Waals surface area contributed by atoms with Gasteiger partial charge in [0.05, 0.1) is 18.6 Å². The smallest absolute Gasteiger partial charge is 0.223 e. The summed E-state index contributed by atoms with van der Waals surface area (Å²) in [4.78, 5) is 0. The molecule has 3 N–H and O–H groups in total. The van der Waals surface area contributed by atoms with Crippen molar-refractivity contribution in [2.45, 2.75) is 108 Å². The predicted molar refractivity (Wildman–Crippen MR) is 122 cm³/mol. The van der Waals surface area contributed by atoms with Crippen molar-refractivity contribution in [2.24, 2.45) is 22.7 Å². The largest absolute Gasteiger partial charge is 0.472 e. The van der Waals surface area contributed by atoms with Crippen LogP contribution in [0.15, 0.2) is 34.7 Å². The molecule has 2 aliphatic carbocycles. The highest BCUT2D eigenvalue weighted by Crippen LogP contribution is 2.76. The number of aliphatic hydroxyl groups is 3. The van der Waals surface area contributed by atoms with E-state index in [1.165, 1.54) is 0 Å². The van der Waals surface area contributed by atoms with Crippen LogP contribution in [0, 0.1) is 22.7 Å². The molecular weight excluding hydrogens is 452 g/mol. The summed E-state index contributed by atoms with van der Waals surface area (Å²) in [6, 6.07) is 1.88. The van der Waals surface area contributed by atoms with Crippen molar-refractivity contribution in [2.75, 3.05) is 0 Å². The molecule has 5 heterocycles. The maximum absolute atomic E-state index is 12.6. The maximum atomic E-state index is 12.6. The van der Waals surface area contributed by atoms with E-state index >= 15 is 0 Å². The minimum Gasteiger partial charge on any atom is -0.472 e. The number of fused-ring (bicyclic) bond motifs is 2. The molecule has 8 heteroatoms. The van der Waals surface area contributed by atoms with Crippen molar-refractivity contribution >= 4 is 0 Å². The van der Waals surface area contributed by atoms with E-state index in [-0.39, 0.29) is 24.7 Å². The Balaban J connectivity index is 1.54. The number of ether oxygens (including phenoxy) is 4. The van der Waals surface area contributed by atoms with Crippen LogP contribution in [0.5, 0.6) is 0 Å². The average Bonchev–Trinajstić information content (AvgIpc) is 3.31. The van der Waals surface area contributed by atoms with Crippen LogP contribution in [0.25, 0.3) is 0 Å². The Morgan fingerprint density at radius 1 is 1.00 bits per heavy atom. The zero-order valence-corrected chi connectivity index (χ0v) is 21.2. The molecule has 4 aliphatic heterocycles. The highest BCUT2D eigenvalue weighted by atomic mass is 16.8. The fourth-order valence-corrected chi connectivity index (χ4v) is 8.99. The van der Waals surface area contributed by atoms with E-state index in [0.717, 1.165) is 5.56 Å². The minimum absolute atomic E-state index is 0.0501. The predicted octanol–water partition coefficient (Wildman–Crippen LogP) is 3.17. The molecule has 5 fully saturated rings. The van der Waals surface area contributed by atoms with Gasteiger partial charge in [0, 0.05) is 47.5 Å². The maximum Gasteiger partial charge on any atom is 0.223 e. The van der Waals surface area contributed by atoms with Crippen molar-refractivity contribution in [3.05, 3.63) is 35.8 Å². The highest BCUT2D eigenvalue weighted by molar-refractivity contribution is 5.40. The minimum atomic E-state index is -2.02. The Bertz CT molecular complexity index is 1130. The van der Waals surface area contributed by atoms with Crippen LogP contribution in [-0.2, 0) is 18.9 Å². The van der Waals surface area contributed by atoms with Gasteiger partial charge in [-0.05, 0) is 18.6 Å². The van der Waals surface area contributed by atoms with Gasteiger partial charge in [0.2, 0.25) is 5.79 Å². The summed E-state index contributed by atoms with van der Waals surface area (Å²) in [5.41, 5.74) is -3.12. The Labute approximate surface area is 205 Å². The lowest BCUT2D eigenvalue weighted by atomic mass is 9.49. The van der Waals surface area contributed by atoms with Crippen LogP contribution < -0.4 is 0 Å². The highest BCUT2D eigenvalue weighted by Gasteiger charge is 2.88. The van der Waals surface area contributed by atoms with E-state index in [0.29, 0.717) is 12.0 Å². The monoisotopic (exact) mass is 488 g/mol. The zero-order chi connectivity index (χ0) is 25.0. The van der Waals surface area contributed by atoms with Crippen LogP contribution in [0.3, 0.4) is 0 Å². The molecule has 4 saturated heterocycles. The molecule has 0 amide bonds. The first kappa shape index (κ1) is 22.9.